The number of carboxylic acids is 1. The van der Waals surface area contributed by atoms with Gasteiger partial charge in [0, 0.05) is 28.3 Å². The second-order valence-electron chi connectivity index (χ2n) is 14.9. The summed E-state index contributed by atoms with van der Waals surface area (Å²) in [5, 5.41) is 110. The monoisotopic (exact) mass is 842 g/mol. The van der Waals surface area contributed by atoms with Gasteiger partial charge in [-0.15, -0.1) is 0 Å². The highest BCUT2D eigenvalue weighted by molar-refractivity contribution is 6.31. The summed E-state index contributed by atoms with van der Waals surface area (Å²) in [6.07, 6.45) is -16.2. The van der Waals surface area contributed by atoms with Gasteiger partial charge in [0.2, 0.25) is 0 Å². The molecule has 0 spiro atoms. The minimum absolute atomic E-state index is 0.00533. The number of hydrogen-bond donors (Lipinski definition) is 12. The second kappa shape index (κ2) is 15.9. The molecule has 12 atom stereocenters. The van der Waals surface area contributed by atoms with Gasteiger partial charge in [-0.25, -0.2) is 4.79 Å². The molecule has 2 aliphatic heterocycles. The molecule has 60 heavy (non-hydrogen) atoms. The van der Waals surface area contributed by atoms with Crippen molar-refractivity contribution in [1.29, 1.82) is 0 Å². The number of benzene rings is 3. The summed E-state index contributed by atoms with van der Waals surface area (Å²) in [5.41, 5.74) is 2.38. The molecule has 2 aliphatic carbocycles. The number of fused-ring (bicyclic) bond motifs is 5. The van der Waals surface area contributed by atoms with E-state index < -0.39 is 161 Å². The molecule has 21 heteroatoms. The summed E-state index contributed by atoms with van der Waals surface area (Å²) in [5.74, 6) is -7.24. The zero-order valence-electron chi connectivity index (χ0n) is 31.9. The number of aromatic hydroxyl groups is 3. The molecular formula is C39H42N2O19. The van der Waals surface area contributed by atoms with E-state index in [2.05, 4.69) is 5.32 Å². The third kappa shape index (κ3) is 6.82. The highest BCUT2D eigenvalue weighted by Gasteiger charge is 2.51. The maximum atomic E-state index is 14.1. The van der Waals surface area contributed by atoms with E-state index in [4.69, 9.17) is 29.4 Å². The number of hydrogen-bond acceptors (Lipinski definition) is 19. The number of carbonyl (C=O) groups is 4. The molecular weight excluding hydrogens is 800 g/mol. The molecule has 0 radical (unpaired) electrons. The third-order valence-electron chi connectivity index (χ3n) is 11.2. The summed E-state index contributed by atoms with van der Waals surface area (Å²) in [7, 11) is 1.25. The number of phenolic OH excluding ortho intramolecular Hbond substituents is 3. The van der Waals surface area contributed by atoms with Crippen LogP contribution in [0.25, 0.3) is 11.1 Å². The van der Waals surface area contributed by atoms with Crippen LogP contribution in [-0.4, -0.2) is 156 Å². The number of nitrogens with two attached hydrogens (primary N) is 1. The van der Waals surface area contributed by atoms with E-state index >= 15 is 0 Å². The standard InChI is InChI=1S/C39H42N2O19/c1-10-4-16-23(30(49)20(10)36(53)41-17(8-42)37(54)55)22-14(7-15-24(31(22)50)27(46)13-5-12(56-3)6-18(43)21(13)26(15)45)28(47)34(16)59-39-33(52)35(25(40)11(2)58-39)60-38-32(51)29(48)19(44)9-57-38/h4-7,11,17,19,25,28-29,32-35,38-39,42-44,47-52H,8-9,40H2,1-3H3,(H,41,53)(H,54,55). The molecule has 1 amide bonds. The van der Waals surface area contributed by atoms with Gasteiger partial charge in [0.1, 0.15) is 65.7 Å². The van der Waals surface area contributed by atoms with Crippen LogP contribution in [0, 0.1) is 6.92 Å². The Morgan fingerprint density at radius 3 is 2.17 bits per heavy atom. The number of ketones is 2. The Hall–Kier alpha value is -5.30. The van der Waals surface area contributed by atoms with Crippen LogP contribution >= 0.6 is 0 Å². The van der Waals surface area contributed by atoms with Crippen LogP contribution in [0.4, 0.5) is 0 Å². The van der Waals surface area contributed by atoms with E-state index in [9.17, 15) is 70.2 Å². The normalized spacial score (nSPS) is 30.1. The summed E-state index contributed by atoms with van der Waals surface area (Å²) < 4.78 is 28.4. The number of methoxy groups -OCH3 is 1. The lowest BCUT2D eigenvalue weighted by molar-refractivity contribution is -0.337. The molecule has 2 heterocycles. The lowest BCUT2D eigenvalue weighted by Crippen LogP contribution is -2.64. The van der Waals surface area contributed by atoms with Gasteiger partial charge in [0.25, 0.3) is 5.91 Å². The average Bonchev–Trinajstić information content (AvgIpc) is 3.20. The first kappa shape index (κ1) is 42.8. The second-order valence-corrected chi connectivity index (χ2v) is 14.9. The summed E-state index contributed by atoms with van der Waals surface area (Å²) in [4.78, 5) is 53.3. The Morgan fingerprint density at radius 1 is 0.867 bits per heavy atom. The van der Waals surface area contributed by atoms with E-state index in [0.717, 1.165) is 12.1 Å². The maximum Gasteiger partial charge on any atom is 0.328 e. The first-order valence-corrected chi connectivity index (χ1v) is 18.5. The van der Waals surface area contributed by atoms with Crippen LogP contribution in [0.5, 0.6) is 23.0 Å². The van der Waals surface area contributed by atoms with Crippen LogP contribution in [-0.2, 0) is 23.7 Å². The molecule has 0 aromatic heterocycles. The largest absolute Gasteiger partial charge is 0.507 e. The number of rotatable bonds is 9. The fourth-order valence-electron chi connectivity index (χ4n) is 8.01. The van der Waals surface area contributed by atoms with Crippen molar-refractivity contribution in [2.45, 2.75) is 87.3 Å². The molecule has 2 saturated heterocycles. The van der Waals surface area contributed by atoms with E-state index in [1.807, 2.05) is 0 Å². The summed E-state index contributed by atoms with van der Waals surface area (Å²) in [6.45, 7) is 1.33. The van der Waals surface area contributed by atoms with Crippen molar-refractivity contribution < 1.29 is 93.9 Å². The molecule has 2 fully saturated rings. The molecule has 322 valence electrons. The van der Waals surface area contributed by atoms with Gasteiger partial charge < -0.3 is 85.8 Å². The molecule has 21 nitrogen and oxygen atoms in total. The van der Waals surface area contributed by atoms with Crippen molar-refractivity contribution in [1.82, 2.24) is 5.32 Å². The van der Waals surface area contributed by atoms with Crippen molar-refractivity contribution in [3.63, 3.8) is 0 Å². The minimum Gasteiger partial charge on any atom is -0.507 e. The number of carbonyl (C=O) groups excluding carboxylic acids is 3. The van der Waals surface area contributed by atoms with Crippen molar-refractivity contribution in [3.05, 3.63) is 68.8 Å². The number of aliphatic hydroxyl groups excluding tert-OH is 6. The number of ether oxygens (including phenoxy) is 5. The highest BCUT2D eigenvalue weighted by Crippen LogP contribution is 2.57. The SMILES string of the molecule is COc1cc(O)c2c(c1)C(=O)c1c(cc3c(c1O)-c1c(cc(C)c(C(=O)NC(CO)C(=O)O)c1O)C(OC1OC(C)C(N)C(OC4OCC(O)C(O)C4O)C1O)C3O)C2=O. The van der Waals surface area contributed by atoms with E-state index in [-0.39, 0.29) is 28.0 Å². The Labute approximate surface area is 338 Å². The van der Waals surface area contributed by atoms with Gasteiger partial charge >= 0.3 is 5.97 Å². The first-order chi connectivity index (χ1) is 28.3. The lowest BCUT2D eigenvalue weighted by Gasteiger charge is -2.46. The predicted molar refractivity (Wildman–Crippen MR) is 197 cm³/mol. The van der Waals surface area contributed by atoms with Crippen LogP contribution < -0.4 is 15.8 Å². The van der Waals surface area contributed by atoms with E-state index in [0.29, 0.717) is 0 Å². The quantitative estimate of drug-likeness (QED) is 0.0875. The maximum absolute atomic E-state index is 14.1. The third-order valence-corrected chi connectivity index (χ3v) is 11.2. The van der Waals surface area contributed by atoms with Crippen LogP contribution in [0.3, 0.4) is 0 Å². The topological polar surface area (TPSA) is 355 Å². The number of aliphatic carboxylic acids is 1. The van der Waals surface area contributed by atoms with E-state index in [1.165, 1.54) is 33.1 Å². The van der Waals surface area contributed by atoms with Crippen LogP contribution in [0.15, 0.2) is 24.3 Å². The van der Waals surface area contributed by atoms with Crippen molar-refractivity contribution in [2.75, 3.05) is 20.3 Å². The Morgan fingerprint density at radius 2 is 1.52 bits per heavy atom. The smallest absolute Gasteiger partial charge is 0.328 e. The molecule has 12 unspecified atom stereocenters. The average molecular weight is 843 g/mol. The first-order valence-electron chi connectivity index (χ1n) is 18.5. The number of phenols is 3. The highest BCUT2D eigenvalue weighted by atomic mass is 16.7. The molecule has 0 bridgehead atoms. The number of carboxylic acid groups (broad SMARTS) is 1. The van der Waals surface area contributed by atoms with Crippen LogP contribution in [0.1, 0.15) is 78.0 Å². The lowest BCUT2D eigenvalue weighted by atomic mass is 9.74. The molecule has 3 aromatic carbocycles. The Kier molecular flexibility index (Phi) is 11.4. The van der Waals surface area contributed by atoms with Gasteiger partial charge in [-0.3, -0.25) is 14.4 Å². The minimum atomic E-state index is -1.94. The summed E-state index contributed by atoms with van der Waals surface area (Å²) in [6, 6.07) is 1.56. The molecule has 0 saturated carbocycles. The van der Waals surface area contributed by atoms with Gasteiger partial charge in [-0.1, -0.05) is 6.07 Å². The van der Waals surface area contributed by atoms with Crippen molar-refractivity contribution >= 4 is 23.4 Å². The van der Waals surface area contributed by atoms with E-state index in [1.54, 1.807) is 0 Å². The number of amides is 1. The fraction of sp³-hybridized carbons (Fsp3) is 0.436. The molecule has 7 rings (SSSR count). The van der Waals surface area contributed by atoms with Gasteiger partial charge in [-0.2, -0.15) is 0 Å². The van der Waals surface area contributed by atoms with Crippen LogP contribution in [0.2, 0.25) is 0 Å². The molecule has 13 N–H and O–H groups in total. The van der Waals surface area contributed by atoms with Gasteiger partial charge in [0.05, 0.1) is 49.2 Å². The molecule has 4 aliphatic rings. The van der Waals surface area contributed by atoms with Crippen molar-refractivity contribution in [3.8, 4) is 34.1 Å². The molecule has 3 aromatic rings. The Balaban J connectivity index is 1.37. The number of aliphatic hydroxyl groups is 6. The zero-order valence-corrected chi connectivity index (χ0v) is 31.9. The van der Waals surface area contributed by atoms with Crippen molar-refractivity contribution in [2.24, 2.45) is 5.73 Å². The number of nitrogens with one attached hydrogen (secondary N) is 1. The Bertz CT molecular complexity index is 2280. The fourth-order valence-corrected chi connectivity index (χ4v) is 8.01. The predicted octanol–water partition coefficient (Wildman–Crippen LogP) is -1.90. The van der Waals surface area contributed by atoms with Gasteiger partial charge in [0.15, 0.2) is 30.2 Å². The zero-order chi connectivity index (χ0) is 43.8. The van der Waals surface area contributed by atoms with Gasteiger partial charge in [-0.05, 0) is 42.7 Å². The number of aryl methyl sites for hydroxylation is 1. The summed E-state index contributed by atoms with van der Waals surface area (Å²) >= 11 is 0.